The van der Waals surface area contributed by atoms with Gasteiger partial charge < -0.3 is 0 Å². The number of aryl methyl sites for hydroxylation is 2. The topological polar surface area (TPSA) is 50.3 Å². The number of nitrogens with zero attached hydrogens (tertiary/aromatic N) is 2. The van der Waals surface area contributed by atoms with Crippen molar-refractivity contribution in [2.45, 2.75) is 30.1 Å². The van der Waals surface area contributed by atoms with E-state index in [1.165, 1.54) is 60.4 Å². The van der Waals surface area contributed by atoms with E-state index in [1.807, 2.05) is 0 Å². The van der Waals surface area contributed by atoms with Gasteiger partial charge in [-0.25, -0.2) is 0 Å². The second kappa shape index (κ2) is 14.6. The minimum atomic E-state index is -0.997. The number of fused-ring (bicyclic) bond motifs is 6. The average Bonchev–Trinajstić information content (AvgIpc) is 4.06. The molecule has 0 aliphatic carbocycles. The van der Waals surface area contributed by atoms with Crippen molar-refractivity contribution >= 4 is 80.5 Å². The molecule has 0 bridgehead atoms. The summed E-state index contributed by atoms with van der Waals surface area (Å²) in [6, 6.07) is 42.7. The third-order valence-corrected chi connectivity index (χ3v) is 33.1. The van der Waals surface area contributed by atoms with E-state index in [-0.39, 0.29) is 14.2 Å². The monoisotopic (exact) mass is 904 g/mol. The van der Waals surface area contributed by atoms with Crippen LogP contribution in [0, 0.1) is 13.8 Å². The van der Waals surface area contributed by atoms with Crippen LogP contribution in [0.5, 0.6) is 11.5 Å². The van der Waals surface area contributed by atoms with Gasteiger partial charge in [-0.15, -0.1) is 0 Å². The van der Waals surface area contributed by atoms with Crippen molar-refractivity contribution in [2.24, 2.45) is 0 Å². The predicted molar refractivity (Wildman–Crippen MR) is 247 cm³/mol. The summed E-state index contributed by atoms with van der Waals surface area (Å²) < 4.78 is 4.48. The van der Waals surface area contributed by atoms with Crippen molar-refractivity contribution < 1.29 is 29.4 Å². The summed E-state index contributed by atoms with van der Waals surface area (Å²) in [5.41, 5.74) is 12.6. The molecule has 10 aromatic rings. The molecule has 6 aromatic carbocycles. The van der Waals surface area contributed by atoms with E-state index >= 15 is 0 Å². The number of phenols is 2. The number of benzene rings is 6. The first-order chi connectivity index (χ1) is 28.4. The molecule has 11 rings (SSSR count). The van der Waals surface area contributed by atoms with Crippen LogP contribution in [0.1, 0.15) is 17.5 Å². The first kappa shape index (κ1) is 36.6. The number of aromatic hydroxyl groups is 2. The van der Waals surface area contributed by atoms with Gasteiger partial charge in [-0.3, -0.25) is 0 Å². The third kappa shape index (κ3) is 5.88. The number of para-hydroxylation sites is 4. The molecule has 2 atom stereocenters. The summed E-state index contributed by atoms with van der Waals surface area (Å²) >= 11 is 2.54. The van der Waals surface area contributed by atoms with Gasteiger partial charge in [0, 0.05) is 0 Å². The summed E-state index contributed by atoms with van der Waals surface area (Å²) in [5.74, 6) is 3.13. The molecule has 0 spiro atoms. The Balaban J connectivity index is 1.04. The van der Waals surface area contributed by atoms with Gasteiger partial charge in [0.2, 0.25) is 0 Å². The maximum atomic E-state index is 12.3. The molecule has 2 unspecified atom stereocenters. The minimum absolute atomic E-state index is 0.172. The molecule has 9 heteroatoms. The van der Waals surface area contributed by atoms with Crippen molar-refractivity contribution in [1.82, 2.24) is 9.13 Å². The summed E-state index contributed by atoms with van der Waals surface area (Å²) in [4.78, 5) is 2.87. The van der Waals surface area contributed by atoms with Crippen molar-refractivity contribution in [3.8, 4) is 45.1 Å². The van der Waals surface area contributed by atoms with E-state index in [1.54, 1.807) is 22.7 Å². The zero-order valence-electron chi connectivity index (χ0n) is 31.9. The Morgan fingerprint density at radius 2 is 0.845 bits per heavy atom. The molecule has 284 valence electrons. The first-order valence-corrected chi connectivity index (χ1v) is 30.1. The van der Waals surface area contributed by atoms with Crippen molar-refractivity contribution in [2.75, 3.05) is 11.5 Å². The molecule has 5 heterocycles. The van der Waals surface area contributed by atoms with Crippen LogP contribution in [0.4, 0.5) is 0 Å². The standard InChI is InChI=1S/C49H38N2O2S4.Zr/c1-30-22-36(48(52)44(24-30)50-40-16-7-3-12-32(40)33-13-4-8-17-41(33)50)38-26-54-28-46(38)56-20-11-21-57-47-29-55-27-39(47)37-23-31(2)25-45(49(37)53)51-42-18-9-5-14-34(42)35-15-6-10-19-43(35)51;/h3-10,12-19,22-29,52-53H,11,20-21H2,1-2H3;. The molecule has 1 aliphatic rings. The van der Waals surface area contributed by atoms with Crippen LogP contribution in [0.25, 0.3) is 77.2 Å². The van der Waals surface area contributed by atoms with Crippen LogP contribution in [0.15, 0.2) is 153 Å². The van der Waals surface area contributed by atoms with E-state index in [2.05, 4.69) is 166 Å². The Morgan fingerprint density at radius 1 is 0.483 bits per heavy atom. The first-order valence-electron chi connectivity index (χ1n) is 19.4. The van der Waals surface area contributed by atoms with Crippen molar-refractivity contribution in [3.05, 3.63) is 154 Å². The second-order valence-corrected chi connectivity index (χ2v) is 31.4. The van der Waals surface area contributed by atoms with Gasteiger partial charge in [-0.2, -0.15) is 0 Å². The van der Waals surface area contributed by atoms with E-state index < -0.39 is 19.2 Å². The van der Waals surface area contributed by atoms with Crippen LogP contribution >= 0.6 is 36.9 Å². The molecule has 0 radical (unpaired) electrons. The Morgan fingerprint density at radius 3 is 1.22 bits per heavy atom. The number of thiophene rings is 2. The number of hydrogen-bond acceptors (Lipinski definition) is 4. The van der Waals surface area contributed by atoms with Crippen molar-refractivity contribution in [3.63, 3.8) is 0 Å². The summed E-state index contributed by atoms with van der Waals surface area (Å²) in [6.45, 7) is 4.30. The normalized spacial score (nSPS) is 15.7. The third-order valence-electron chi connectivity index (χ3n) is 11.4. The second-order valence-electron chi connectivity index (χ2n) is 15.0. The van der Waals surface area contributed by atoms with Gasteiger partial charge in [-0.1, -0.05) is 0 Å². The van der Waals surface area contributed by atoms with E-state index in [9.17, 15) is 10.2 Å². The summed E-state index contributed by atoms with van der Waals surface area (Å²) in [6.07, 6.45) is 1.19. The Kier molecular flexibility index (Phi) is 9.24. The van der Waals surface area contributed by atoms with E-state index in [0.29, 0.717) is 11.5 Å². The Hall–Kier alpha value is -4.50. The zero-order chi connectivity index (χ0) is 39.1. The predicted octanol–water partition coefficient (Wildman–Crippen LogP) is 14.6. The van der Waals surface area contributed by atoms with Crippen LogP contribution in [0.3, 0.4) is 0 Å². The van der Waals surface area contributed by atoms with Crippen LogP contribution in [-0.2, 0) is 19.2 Å². The van der Waals surface area contributed by atoms with Gasteiger partial charge in [0.25, 0.3) is 0 Å². The fourth-order valence-electron chi connectivity index (χ4n) is 8.84. The fraction of sp³-hybridized carbons (Fsp3) is 0.102. The molecule has 1 aliphatic heterocycles. The molecule has 0 saturated carbocycles. The van der Waals surface area contributed by atoms with Gasteiger partial charge in [0.1, 0.15) is 0 Å². The molecule has 0 fully saturated rings. The van der Waals surface area contributed by atoms with Gasteiger partial charge in [0.15, 0.2) is 0 Å². The van der Waals surface area contributed by atoms with Crippen LogP contribution in [-0.4, -0.2) is 30.9 Å². The SMILES string of the molecule is Cc1cc(-c2cscc2[S]2=[Zr]=[S](c3cscc3-c3cc(C)cc(-n4c5ccccc5c5ccccc54)c3O)CCC2)c(O)c(-n2c3ccccc3c3ccccc32)c1. The molecular weight excluding hydrogens is 868 g/mol. The Bertz CT molecular complexity index is 3050. The van der Waals surface area contributed by atoms with E-state index in [4.69, 9.17) is 0 Å². The van der Waals surface area contributed by atoms with Crippen molar-refractivity contribution in [1.29, 1.82) is 0 Å². The zero-order valence-corrected chi connectivity index (χ0v) is 37.6. The number of rotatable bonds is 6. The van der Waals surface area contributed by atoms with E-state index in [0.717, 1.165) is 55.7 Å². The maximum absolute atomic E-state index is 12.3. The molecule has 4 aromatic heterocycles. The van der Waals surface area contributed by atoms with Crippen LogP contribution in [0.2, 0.25) is 0 Å². The molecule has 0 amide bonds. The summed E-state index contributed by atoms with van der Waals surface area (Å²) in [7, 11) is 0.344. The van der Waals surface area contributed by atoms with Gasteiger partial charge >= 0.3 is 360 Å². The fourth-order valence-corrected chi connectivity index (χ4v) is 35.3. The number of hydrogen-bond donors (Lipinski definition) is 2. The molecular formula is C49H38N2O2S4Zr. The molecule has 0 saturated heterocycles. The number of aromatic nitrogens is 2. The van der Waals surface area contributed by atoms with Crippen LogP contribution < -0.4 is 0 Å². The van der Waals surface area contributed by atoms with Gasteiger partial charge in [0.05, 0.1) is 0 Å². The molecule has 58 heavy (non-hydrogen) atoms. The quantitative estimate of drug-likeness (QED) is 0.175. The van der Waals surface area contributed by atoms with Gasteiger partial charge in [-0.05, 0) is 0 Å². The molecule has 4 nitrogen and oxygen atoms in total. The Labute approximate surface area is 356 Å². The number of phenolic OH excluding ortho intramolecular Hbond substituents is 2. The summed E-state index contributed by atoms with van der Waals surface area (Å²) in [5, 5.41) is 38.7. The molecule has 2 N–H and O–H groups in total. The average molecular weight is 906 g/mol.